The summed E-state index contributed by atoms with van der Waals surface area (Å²) in [4.78, 5) is 15.5. The summed E-state index contributed by atoms with van der Waals surface area (Å²) >= 11 is 6.23. The van der Waals surface area contributed by atoms with Gasteiger partial charge in [0.05, 0.1) is 6.33 Å². The number of aromatic nitrogens is 4. The third-order valence-corrected chi connectivity index (χ3v) is 5.38. The van der Waals surface area contributed by atoms with Crippen molar-refractivity contribution in [1.29, 1.82) is 0 Å². The van der Waals surface area contributed by atoms with Crippen LogP contribution >= 0.6 is 11.6 Å². The van der Waals surface area contributed by atoms with Crippen molar-refractivity contribution in [2.24, 2.45) is 0 Å². The number of anilines is 1. The van der Waals surface area contributed by atoms with Gasteiger partial charge in [0.15, 0.2) is 17.0 Å². The Labute approximate surface area is 187 Å². The van der Waals surface area contributed by atoms with Crippen molar-refractivity contribution in [1.82, 2.24) is 24.4 Å². The van der Waals surface area contributed by atoms with E-state index in [2.05, 4.69) is 102 Å². The Balaban J connectivity index is 1.68. The second kappa shape index (κ2) is 9.04. The van der Waals surface area contributed by atoms with Gasteiger partial charge in [0.2, 0.25) is 5.28 Å². The molecule has 2 heterocycles. The molecule has 0 amide bonds. The van der Waals surface area contributed by atoms with Crippen molar-refractivity contribution in [2.45, 2.75) is 33.0 Å². The molecule has 2 aromatic carbocycles. The summed E-state index contributed by atoms with van der Waals surface area (Å²) in [5.41, 5.74) is 6.38. The minimum absolute atomic E-state index is 0.210. The van der Waals surface area contributed by atoms with Gasteiger partial charge in [-0.25, -0.2) is 4.98 Å². The van der Waals surface area contributed by atoms with E-state index in [1.54, 1.807) is 6.33 Å². The van der Waals surface area contributed by atoms with E-state index in [-0.39, 0.29) is 11.3 Å². The lowest BCUT2D eigenvalue weighted by Gasteiger charge is -2.17. The first kappa shape index (κ1) is 21.3. The highest BCUT2D eigenvalue weighted by atomic mass is 35.5. The van der Waals surface area contributed by atoms with Crippen LogP contribution in [0.4, 0.5) is 5.82 Å². The topological polar surface area (TPSA) is 58.9 Å². The fraction of sp³-hybridized carbons (Fsp3) is 0.292. The average Bonchev–Trinajstić information content (AvgIpc) is 3.16. The summed E-state index contributed by atoms with van der Waals surface area (Å²) in [5.74, 6) is 0.644. The third kappa shape index (κ3) is 4.55. The molecular formula is C24H27ClN6. The summed E-state index contributed by atoms with van der Waals surface area (Å²) in [5, 5.41) is 3.66. The van der Waals surface area contributed by atoms with E-state index >= 15 is 0 Å². The normalized spacial score (nSPS) is 11.6. The minimum atomic E-state index is 0.210. The monoisotopic (exact) mass is 434 g/mol. The van der Waals surface area contributed by atoms with Gasteiger partial charge in [0, 0.05) is 19.1 Å². The molecule has 0 bridgehead atoms. The largest absolute Gasteiger partial charge is 0.364 e. The van der Waals surface area contributed by atoms with Gasteiger partial charge in [-0.05, 0) is 61.8 Å². The third-order valence-electron chi connectivity index (χ3n) is 5.21. The number of imidazole rings is 1. The van der Waals surface area contributed by atoms with Crippen LogP contribution in [0.25, 0.3) is 22.3 Å². The minimum Gasteiger partial charge on any atom is -0.364 e. The first-order valence-corrected chi connectivity index (χ1v) is 10.8. The highest BCUT2D eigenvalue weighted by molar-refractivity contribution is 6.28. The van der Waals surface area contributed by atoms with E-state index in [1.807, 2.05) is 4.57 Å². The second-order valence-electron chi connectivity index (χ2n) is 8.16. The number of hydrogen-bond acceptors (Lipinski definition) is 5. The zero-order valence-corrected chi connectivity index (χ0v) is 19.1. The van der Waals surface area contributed by atoms with Gasteiger partial charge in [-0.3, -0.25) is 0 Å². The molecule has 7 heteroatoms. The predicted octanol–water partition coefficient (Wildman–Crippen LogP) is 5.40. The predicted molar refractivity (Wildman–Crippen MR) is 127 cm³/mol. The Hall–Kier alpha value is -2.96. The molecule has 2 aromatic heterocycles. The number of halogens is 1. The van der Waals surface area contributed by atoms with Crippen molar-refractivity contribution in [3.05, 3.63) is 71.3 Å². The average molecular weight is 435 g/mol. The van der Waals surface area contributed by atoms with Crippen molar-refractivity contribution in [3.63, 3.8) is 0 Å². The lowest BCUT2D eigenvalue weighted by molar-refractivity contribution is 0.403. The van der Waals surface area contributed by atoms with Crippen molar-refractivity contribution < 1.29 is 0 Å². The van der Waals surface area contributed by atoms with Gasteiger partial charge < -0.3 is 14.8 Å². The standard InChI is InChI=1S/C24H27ClN6/c1-16(2)31-15-27-21-22(28-24(25)29-23(21)31)26-13-17-9-5-7-11-19(17)20-12-8-6-10-18(20)14-30(3)4/h5-12,15-16H,13-14H2,1-4H3,(H,26,28,29). The first-order valence-electron chi connectivity index (χ1n) is 10.4. The van der Waals surface area contributed by atoms with E-state index in [9.17, 15) is 0 Å². The quantitative estimate of drug-likeness (QED) is 0.394. The summed E-state index contributed by atoms with van der Waals surface area (Å²) in [7, 11) is 4.18. The number of rotatable bonds is 7. The zero-order chi connectivity index (χ0) is 22.0. The van der Waals surface area contributed by atoms with Gasteiger partial charge >= 0.3 is 0 Å². The van der Waals surface area contributed by atoms with E-state index in [0.29, 0.717) is 12.4 Å². The molecular weight excluding hydrogens is 408 g/mol. The Morgan fingerprint density at radius 3 is 2.29 bits per heavy atom. The zero-order valence-electron chi connectivity index (χ0n) is 18.3. The summed E-state index contributed by atoms with van der Waals surface area (Å²) in [6, 6.07) is 17.2. The molecule has 6 nitrogen and oxygen atoms in total. The molecule has 0 saturated heterocycles. The number of hydrogen-bond donors (Lipinski definition) is 1. The molecule has 0 spiro atoms. The van der Waals surface area contributed by atoms with E-state index in [0.717, 1.165) is 17.7 Å². The number of nitrogens with zero attached hydrogens (tertiary/aromatic N) is 5. The van der Waals surface area contributed by atoms with Gasteiger partial charge in [-0.2, -0.15) is 9.97 Å². The molecule has 0 saturated carbocycles. The molecule has 4 aromatic rings. The number of benzene rings is 2. The highest BCUT2D eigenvalue weighted by Crippen LogP contribution is 2.29. The Morgan fingerprint density at radius 1 is 0.968 bits per heavy atom. The lowest BCUT2D eigenvalue weighted by atomic mass is 9.95. The van der Waals surface area contributed by atoms with Crippen LogP contribution in [0.1, 0.15) is 31.0 Å². The molecule has 0 atom stereocenters. The van der Waals surface area contributed by atoms with Crippen LogP contribution in [-0.4, -0.2) is 38.5 Å². The SMILES string of the molecule is CC(C)n1cnc2c(NCc3ccccc3-c3ccccc3CN(C)C)nc(Cl)nc21. The van der Waals surface area contributed by atoms with Crippen LogP contribution < -0.4 is 5.32 Å². The number of nitrogens with one attached hydrogen (secondary N) is 1. The molecule has 160 valence electrons. The van der Waals surface area contributed by atoms with Crippen LogP contribution in [0.15, 0.2) is 54.9 Å². The molecule has 0 aliphatic rings. The Kier molecular flexibility index (Phi) is 6.20. The summed E-state index contributed by atoms with van der Waals surface area (Å²) in [6.45, 7) is 5.66. The fourth-order valence-corrected chi connectivity index (χ4v) is 3.93. The second-order valence-corrected chi connectivity index (χ2v) is 8.50. The highest BCUT2D eigenvalue weighted by Gasteiger charge is 2.15. The van der Waals surface area contributed by atoms with Crippen LogP contribution in [0.3, 0.4) is 0 Å². The maximum atomic E-state index is 6.23. The van der Waals surface area contributed by atoms with E-state index < -0.39 is 0 Å². The van der Waals surface area contributed by atoms with Crippen LogP contribution in [0.2, 0.25) is 5.28 Å². The smallest absolute Gasteiger partial charge is 0.226 e. The summed E-state index contributed by atoms with van der Waals surface area (Å²) < 4.78 is 2.00. The molecule has 31 heavy (non-hydrogen) atoms. The molecule has 0 aliphatic heterocycles. The van der Waals surface area contributed by atoms with Crippen LogP contribution in [0, 0.1) is 0 Å². The summed E-state index contributed by atoms with van der Waals surface area (Å²) in [6.07, 6.45) is 1.79. The Morgan fingerprint density at radius 2 is 1.61 bits per heavy atom. The number of fused-ring (bicyclic) bond motifs is 1. The van der Waals surface area contributed by atoms with Crippen molar-refractivity contribution >= 4 is 28.6 Å². The van der Waals surface area contributed by atoms with Crippen LogP contribution in [0.5, 0.6) is 0 Å². The first-order chi connectivity index (χ1) is 14.9. The van der Waals surface area contributed by atoms with Gasteiger partial charge in [0.25, 0.3) is 0 Å². The van der Waals surface area contributed by atoms with E-state index in [1.165, 1.54) is 22.3 Å². The van der Waals surface area contributed by atoms with Gasteiger partial charge in [-0.1, -0.05) is 48.5 Å². The maximum absolute atomic E-state index is 6.23. The van der Waals surface area contributed by atoms with Gasteiger partial charge in [0.1, 0.15) is 0 Å². The lowest BCUT2D eigenvalue weighted by Crippen LogP contribution is -2.12. The molecule has 0 aliphatic carbocycles. The van der Waals surface area contributed by atoms with Crippen molar-refractivity contribution in [2.75, 3.05) is 19.4 Å². The van der Waals surface area contributed by atoms with Crippen LogP contribution in [-0.2, 0) is 13.1 Å². The molecule has 4 rings (SSSR count). The molecule has 0 fully saturated rings. The maximum Gasteiger partial charge on any atom is 0.226 e. The molecule has 0 unspecified atom stereocenters. The fourth-order valence-electron chi connectivity index (χ4n) is 3.77. The molecule has 1 N–H and O–H groups in total. The van der Waals surface area contributed by atoms with Crippen molar-refractivity contribution in [3.8, 4) is 11.1 Å². The van der Waals surface area contributed by atoms with E-state index in [4.69, 9.17) is 11.6 Å². The molecule has 0 radical (unpaired) electrons. The van der Waals surface area contributed by atoms with Gasteiger partial charge in [-0.15, -0.1) is 0 Å². The Bertz CT molecular complexity index is 1200.